The molecule has 21 heavy (non-hydrogen) atoms. The summed E-state index contributed by atoms with van der Waals surface area (Å²) in [7, 11) is 0. The summed E-state index contributed by atoms with van der Waals surface area (Å²) in [4.78, 5) is 14.9. The van der Waals surface area contributed by atoms with Crippen LogP contribution in [0.25, 0.3) is 0 Å². The standard InChI is InChI=1S/C15H17N3O2S/c1-2-18(8-10-4-3-5-21-10)13-7-12-14(6-11(13)16)20-9-15(19)17-12/h3-7H,2,8-9,16H2,1H3,(H,17,19). The Balaban J connectivity index is 1.92. The number of nitrogen functional groups attached to an aromatic ring is 1. The van der Waals surface area contributed by atoms with E-state index in [0.717, 1.165) is 18.8 Å². The van der Waals surface area contributed by atoms with Crippen LogP contribution in [-0.2, 0) is 11.3 Å². The maximum atomic E-state index is 11.4. The minimum absolute atomic E-state index is 0.0402. The number of nitrogens with zero attached hydrogens (tertiary/aromatic N) is 1. The van der Waals surface area contributed by atoms with Gasteiger partial charge in [0.25, 0.3) is 5.91 Å². The number of ether oxygens (including phenoxy) is 1. The summed E-state index contributed by atoms with van der Waals surface area (Å²) in [5, 5.41) is 4.88. The third kappa shape index (κ3) is 2.80. The number of amides is 1. The molecule has 1 aromatic heterocycles. The van der Waals surface area contributed by atoms with Gasteiger partial charge in [0.15, 0.2) is 6.61 Å². The third-order valence-electron chi connectivity index (χ3n) is 3.41. The molecule has 0 spiro atoms. The molecular weight excluding hydrogens is 286 g/mol. The number of thiophene rings is 1. The molecule has 0 saturated heterocycles. The van der Waals surface area contributed by atoms with Gasteiger partial charge in [-0.2, -0.15) is 0 Å². The lowest BCUT2D eigenvalue weighted by atomic mass is 10.2. The van der Waals surface area contributed by atoms with Gasteiger partial charge in [-0.15, -0.1) is 11.3 Å². The fourth-order valence-electron chi connectivity index (χ4n) is 2.36. The van der Waals surface area contributed by atoms with E-state index in [9.17, 15) is 4.79 Å². The van der Waals surface area contributed by atoms with E-state index < -0.39 is 0 Å². The Morgan fingerprint density at radius 2 is 2.33 bits per heavy atom. The van der Waals surface area contributed by atoms with E-state index in [1.165, 1.54) is 4.88 Å². The van der Waals surface area contributed by atoms with E-state index in [4.69, 9.17) is 10.5 Å². The Morgan fingerprint density at radius 1 is 1.48 bits per heavy atom. The van der Waals surface area contributed by atoms with Crippen molar-refractivity contribution >= 4 is 34.3 Å². The van der Waals surface area contributed by atoms with Crippen molar-refractivity contribution in [3.63, 3.8) is 0 Å². The first-order valence-electron chi connectivity index (χ1n) is 6.81. The molecule has 5 nitrogen and oxygen atoms in total. The third-order valence-corrected chi connectivity index (χ3v) is 4.27. The summed E-state index contributed by atoms with van der Waals surface area (Å²) in [5.74, 6) is 0.488. The van der Waals surface area contributed by atoms with Gasteiger partial charge in [-0.05, 0) is 24.4 Å². The van der Waals surface area contributed by atoms with Gasteiger partial charge in [0.05, 0.1) is 23.6 Å². The second kappa shape index (κ2) is 5.65. The lowest BCUT2D eigenvalue weighted by molar-refractivity contribution is -0.118. The second-order valence-electron chi connectivity index (χ2n) is 4.84. The SMILES string of the molecule is CCN(Cc1cccs1)c1cc2c(cc1N)OCC(=O)N2. The highest BCUT2D eigenvalue weighted by atomic mass is 32.1. The van der Waals surface area contributed by atoms with Gasteiger partial charge in [-0.25, -0.2) is 0 Å². The molecule has 0 radical (unpaired) electrons. The Labute approximate surface area is 127 Å². The van der Waals surface area contributed by atoms with Crippen molar-refractivity contribution < 1.29 is 9.53 Å². The molecule has 6 heteroatoms. The number of fused-ring (bicyclic) bond motifs is 1. The van der Waals surface area contributed by atoms with Crippen LogP contribution in [0, 0.1) is 0 Å². The highest BCUT2D eigenvalue weighted by Crippen LogP contribution is 2.37. The average Bonchev–Trinajstić information content (AvgIpc) is 2.98. The Hall–Kier alpha value is -2.21. The lowest BCUT2D eigenvalue weighted by Crippen LogP contribution is -2.27. The molecule has 0 atom stereocenters. The molecule has 0 aliphatic carbocycles. The Bertz CT molecular complexity index is 655. The molecule has 3 N–H and O–H groups in total. The van der Waals surface area contributed by atoms with Crippen molar-refractivity contribution in [3.05, 3.63) is 34.5 Å². The fourth-order valence-corrected chi connectivity index (χ4v) is 3.08. The first kappa shape index (κ1) is 13.8. The first-order chi connectivity index (χ1) is 10.2. The predicted octanol–water partition coefficient (Wildman–Crippen LogP) is 2.69. The molecule has 3 rings (SSSR count). The summed E-state index contributed by atoms with van der Waals surface area (Å²) in [6.07, 6.45) is 0. The Kier molecular flexibility index (Phi) is 3.70. The molecule has 0 unspecified atom stereocenters. The van der Waals surface area contributed by atoms with Gasteiger partial charge in [-0.3, -0.25) is 4.79 Å². The highest BCUT2D eigenvalue weighted by molar-refractivity contribution is 7.09. The van der Waals surface area contributed by atoms with Crippen LogP contribution in [0.5, 0.6) is 5.75 Å². The maximum absolute atomic E-state index is 11.4. The molecule has 1 aromatic carbocycles. The molecule has 0 fully saturated rings. The van der Waals surface area contributed by atoms with Gasteiger partial charge in [0, 0.05) is 17.5 Å². The zero-order valence-electron chi connectivity index (χ0n) is 11.8. The van der Waals surface area contributed by atoms with Crippen LogP contribution in [0.1, 0.15) is 11.8 Å². The summed E-state index contributed by atoms with van der Waals surface area (Å²) < 4.78 is 5.38. The van der Waals surface area contributed by atoms with E-state index in [-0.39, 0.29) is 12.5 Å². The van der Waals surface area contributed by atoms with Gasteiger partial charge in [0.1, 0.15) is 5.75 Å². The minimum atomic E-state index is -0.139. The molecule has 1 amide bonds. The summed E-state index contributed by atoms with van der Waals surface area (Å²) in [5.41, 5.74) is 8.40. The predicted molar refractivity (Wildman–Crippen MR) is 86.0 cm³/mol. The molecule has 1 aliphatic rings. The number of benzene rings is 1. The molecular formula is C15H17N3O2S. The van der Waals surface area contributed by atoms with Crippen molar-refractivity contribution in [1.82, 2.24) is 0 Å². The lowest BCUT2D eigenvalue weighted by Gasteiger charge is -2.27. The van der Waals surface area contributed by atoms with E-state index >= 15 is 0 Å². The van der Waals surface area contributed by atoms with Crippen LogP contribution in [0.4, 0.5) is 17.1 Å². The number of rotatable bonds is 4. The molecule has 1 aliphatic heterocycles. The van der Waals surface area contributed by atoms with Crippen molar-refractivity contribution in [2.45, 2.75) is 13.5 Å². The van der Waals surface area contributed by atoms with E-state index in [1.807, 2.05) is 12.1 Å². The van der Waals surface area contributed by atoms with Crippen molar-refractivity contribution in [1.29, 1.82) is 0 Å². The fraction of sp³-hybridized carbons (Fsp3) is 0.267. The van der Waals surface area contributed by atoms with Crippen LogP contribution < -0.4 is 20.7 Å². The number of anilines is 3. The number of nitrogens with two attached hydrogens (primary N) is 1. The van der Waals surface area contributed by atoms with E-state index in [1.54, 1.807) is 17.4 Å². The van der Waals surface area contributed by atoms with Crippen LogP contribution >= 0.6 is 11.3 Å². The number of hydrogen-bond acceptors (Lipinski definition) is 5. The van der Waals surface area contributed by atoms with E-state index in [2.05, 4.69) is 28.6 Å². The normalized spacial score (nSPS) is 13.3. The molecule has 2 heterocycles. The molecule has 110 valence electrons. The first-order valence-corrected chi connectivity index (χ1v) is 7.69. The van der Waals surface area contributed by atoms with Crippen molar-refractivity contribution in [2.24, 2.45) is 0 Å². The zero-order valence-corrected chi connectivity index (χ0v) is 12.6. The molecule has 0 saturated carbocycles. The second-order valence-corrected chi connectivity index (χ2v) is 5.87. The number of carbonyl (C=O) groups is 1. The maximum Gasteiger partial charge on any atom is 0.262 e. The van der Waals surface area contributed by atoms with Gasteiger partial charge in [-0.1, -0.05) is 6.07 Å². The van der Waals surface area contributed by atoms with Gasteiger partial charge < -0.3 is 20.7 Å². The zero-order chi connectivity index (χ0) is 14.8. The average molecular weight is 303 g/mol. The molecule has 2 aromatic rings. The Morgan fingerprint density at radius 3 is 3.05 bits per heavy atom. The van der Waals surface area contributed by atoms with Crippen molar-refractivity contribution in [2.75, 3.05) is 29.1 Å². The van der Waals surface area contributed by atoms with Crippen LogP contribution in [0.3, 0.4) is 0 Å². The monoisotopic (exact) mass is 303 g/mol. The topological polar surface area (TPSA) is 67.6 Å². The minimum Gasteiger partial charge on any atom is -0.482 e. The largest absolute Gasteiger partial charge is 0.482 e. The van der Waals surface area contributed by atoms with Crippen LogP contribution in [0.15, 0.2) is 29.6 Å². The van der Waals surface area contributed by atoms with E-state index in [0.29, 0.717) is 17.1 Å². The highest BCUT2D eigenvalue weighted by Gasteiger charge is 2.20. The van der Waals surface area contributed by atoms with Gasteiger partial charge in [0.2, 0.25) is 0 Å². The van der Waals surface area contributed by atoms with Gasteiger partial charge >= 0.3 is 0 Å². The summed E-state index contributed by atoms with van der Waals surface area (Å²) in [6, 6.07) is 7.81. The smallest absolute Gasteiger partial charge is 0.262 e. The summed E-state index contributed by atoms with van der Waals surface area (Å²) >= 11 is 1.72. The van der Waals surface area contributed by atoms with Crippen LogP contribution in [0.2, 0.25) is 0 Å². The number of hydrogen-bond donors (Lipinski definition) is 2. The van der Waals surface area contributed by atoms with Crippen LogP contribution in [-0.4, -0.2) is 19.1 Å². The quantitative estimate of drug-likeness (QED) is 0.852. The summed E-state index contributed by atoms with van der Waals surface area (Å²) in [6.45, 7) is 3.75. The number of nitrogens with one attached hydrogen (secondary N) is 1. The number of carbonyl (C=O) groups excluding carboxylic acids is 1. The van der Waals surface area contributed by atoms with Crippen molar-refractivity contribution in [3.8, 4) is 5.75 Å². The molecule has 0 bridgehead atoms.